The third-order valence-electron chi connectivity index (χ3n) is 10.7. The van der Waals surface area contributed by atoms with Gasteiger partial charge in [-0.3, -0.25) is 9.59 Å². The van der Waals surface area contributed by atoms with Gasteiger partial charge in [0.15, 0.2) is 0 Å². The monoisotopic (exact) mass is 661 g/mol. The van der Waals surface area contributed by atoms with E-state index in [4.69, 9.17) is 0 Å². The molecule has 0 bridgehead atoms. The molecule has 0 radical (unpaired) electrons. The van der Waals surface area contributed by atoms with Crippen LogP contribution >= 0.6 is 0 Å². The number of fused-ring (bicyclic) bond motifs is 2. The van der Waals surface area contributed by atoms with Gasteiger partial charge in [-0.25, -0.2) is 4.79 Å². The molecule has 0 aliphatic carbocycles. The molecule has 10 heteroatoms. The highest BCUT2D eigenvalue weighted by Crippen LogP contribution is 2.36. The lowest BCUT2D eigenvalue weighted by molar-refractivity contribution is 0.0594. The maximum absolute atomic E-state index is 15.0. The lowest BCUT2D eigenvalue weighted by Crippen LogP contribution is -2.49. The minimum atomic E-state index is -0.972. The maximum Gasteiger partial charge on any atom is 0.407 e. The molecule has 2 N–H and O–H groups in total. The van der Waals surface area contributed by atoms with Crippen LogP contribution in [0.5, 0.6) is 5.75 Å². The van der Waals surface area contributed by atoms with Crippen LogP contribution in [0.1, 0.15) is 61.5 Å². The van der Waals surface area contributed by atoms with Gasteiger partial charge in [-0.2, -0.15) is 0 Å². The number of carboxylic acid groups (broad SMARTS) is 1. The molecule has 7 rings (SSSR count). The van der Waals surface area contributed by atoms with Crippen LogP contribution in [0.2, 0.25) is 0 Å². The number of phenolic OH excluding ortho intramolecular Hbond substituents is 1. The Kier molecular flexibility index (Phi) is 8.66. The Bertz CT molecular complexity index is 1930. The molecule has 49 heavy (non-hydrogen) atoms. The van der Waals surface area contributed by atoms with E-state index in [0.29, 0.717) is 36.3 Å². The van der Waals surface area contributed by atoms with Crippen LogP contribution in [-0.4, -0.2) is 86.7 Å². The molecule has 254 valence electrons. The van der Waals surface area contributed by atoms with Gasteiger partial charge in [0, 0.05) is 74.5 Å². The molecule has 3 aliphatic rings. The Morgan fingerprint density at radius 1 is 0.857 bits per heavy atom. The lowest BCUT2D eigenvalue weighted by atomic mass is 9.89. The van der Waals surface area contributed by atoms with E-state index >= 15 is 4.79 Å². The first-order valence-corrected chi connectivity index (χ1v) is 17.1. The van der Waals surface area contributed by atoms with E-state index in [1.54, 1.807) is 36.2 Å². The number of carbonyl (C=O) groups excluding carboxylic acids is 2. The molecule has 4 heterocycles. The lowest BCUT2D eigenvalue weighted by Gasteiger charge is -2.39. The first-order chi connectivity index (χ1) is 23.6. The number of likely N-dealkylation sites (tertiary alicyclic amines) is 1. The van der Waals surface area contributed by atoms with Gasteiger partial charge in [-0.05, 0) is 110 Å². The summed E-state index contributed by atoms with van der Waals surface area (Å²) in [5, 5.41) is 19.6. The molecule has 4 aromatic rings. The highest BCUT2D eigenvalue weighted by molar-refractivity contribution is 6.08. The standard InChI is InChI=1S/C39H43N5O5/c1-25-33(37(46)41(3)30-10-12-32(45)13-11-30)21-36(40(25)2)34-19-27-14-17-43(39(48)49)22-29(27)20-35(34)38(47)44-23-28-9-5-4-8-26(28)18-31(44)24-42-15-6-7-16-42/h4-5,8-13,19-21,31,45H,6-7,14-18,22-24H2,1-3H3,(H,48,49)/t31-/m0/s1. The van der Waals surface area contributed by atoms with Crippen molar-refractivity contribution in [1.29, 1.82) is 0 Å². The largest absolute Gasteiger partial charge is 0.508 e. The van der Waals surface area contributed by atoms with Crippen molar-refractivity contribution >= 4 is 23.6 Å². The fourth-order valence-electron chi connectivity index (χ4n) is 7.72. The zero-order valence-corrected chi connectivity index (χ0v) is 28.4. The van der Waals surface area contributed by atoms with Crippen molar-refractivity contribution in [2.24, 2.45) is 7.05 Å². The van der Waals surface area contributed by atoms with E-state index in [1.807, 2.05) is 47.7 Å². The van der Waals surface area contributed by atoms with E-state index in [9.17, 15) is 19.8 Å². The summed E-state index contributed by atoms with van der Waals surface area (Å²) in [6.45, 7) is 5.87. The Morgan fingerprint density at radius 3 is 2.29 bits per heavy atom. The fourth-order valence-corrected chi connectivity index (χ4v) is 7.72. The van der Waals surface area contributed by atoms with E-state index in [1.165, 1.54) is 23.3 Å². The van der Waals surface area contributed by atoms with Crippen molar-refractivity contribution in [3.8, 4) is 17.0 Å². The maximum atomic E-state index is 15.0. The minimum Gasteiger partial charge on any atom is -0.508 e. The third-order valence-corrected chi connectivity index (χ3v) is 10.7. The first kappa shape index (κ1) is 32.5. The summed E-state index contributed by atoms with van der Waals surface area (Å²) in [5.41, 5.74) is 8.19. The number of carbonyl (C=O) groups is 3. The van der Waals surface area contributed by atoms with Crippen LogP contribution in [0.4, 0.5) is 10.5 Å². The Labute approximate surface area is 286 Å². The predicted octanol–water partition coefficient (Wildman–Crippen LogP) is 5.68. The second-order valence-electron chi connectivity index (χ2n) is 13.7. The van der Waals surface area contributed by atoms with Crippen molar-refractivity contribution in [1.82, 2.24) is 19.3 Å². The zero-order valence-electron chi connectivity index (χ0n) is 28.4. The molecule has 0 saturated carbocycles. The molecule has 0 spiro atoms. The number of rotatable bonds is 6. The van der Waals surface area contributed by atoms with Crippen molar-refractivity contribution < 1.29 is 24.6 Å². The van der Waals surface area contributed by atoms with Crippen molar-refractivity contribution in [2.75, 3.05) is 38.1 Å². The van der Waals surface area contributed by atoms with Crippen LogP contribution in [0.3, 0.4) is 0 Å². The first-order valence-electron chi connectivity index (χ1n) is 17.1. The fraction of sp³-hybridized carbons (Fsp3) is 0.359. The zero-order chi connectivity index (χ0) is 34.4. The summed E-state index contributed by atoms with van der Waals surface area (Å²) in [4.78, 5) is 48.3. The molecule has 0 unspecified atom stereocenters. The van der Waals surface area contributed by atoms with Crippen LogP contribution in [0.25, 0.3) is 11.3 Å². The number of amides is 3. The molecule has 3 aromatic carbocycles. The quantitative estimate of drug-likeness (QED) is 0.275. The molecule has 3 amide bonds. The van der Waals surface area contributed by atoms with Crippen LogP contribution in [0.15, 0.2) is 66.7 Å². The molecule has 10 nitrogen and oxygen atoms in total. The van der Waals surface area contributed by atoms with Crippen molar-refractivity contribution in [3.05, 3.63) is 106 Å². The van der Waals surface area contributed by atoms with E-state index < -0.39 is 6.09 Å². The summed E-state index contributed by atoms with van der Waals surface area (Å²) >= 11 is 0. The number of phenols is 1. The van der Waals surface area contributed by atoms with Gasteiger partial charge < -0.3 is 34.4 Å². The molecular weight excluding hydrogens is 618 g/mol. The second-order valence-corrected chi connectivity index (χ2v) is 13.7. The van der Waals surface area contributed by atoms with Gasteiger partial charge in [0.2, 0.25) is 0 Å². The number of nitrogens with zero attached hydrogens (tertiary/aromatic N) is 5. The molecular formula is C39H43N5O5. The van der Waals surface area contributed by atoms with E-state index in [-0.39, 0.29) is 30.2 Å². The summed E-state index contributed by atoms with van der Waals surface area (Å²) in [5.74, 6) is -0.165. The highest BCUT2D eigenvalue weighted by Gasteiger charge is 2.35. The normalized spacial score (nSPS) is 17.5. The number of hydrogen-bond donors (Lipinski definition) is 2. The smallest absolute Gasteiger partial charge is 0.407 e. The van der Waals surface area contributed by atoms with Gasteiger partial charge in [-0.1, -0.05) is 24.3 Å². The van der Waals surface area contributed by atoms with Gasteiger partial charge in [-0.15, -0.1) is 0 Å². The van der Waals surface area contributed by atoms with Crippen LogP contribution in [0, 0.1) is 6.92 Å². The molecule has 1 saturated heterocycles. The summed E-state index contributed by atoms with van der Waals surface area (Å²) < 4.78 is 1.97. The number of anilines is 1. The number of aromatic hydroxyl groups is 1. The second kappa shape index (κ2) is 13.1. The average molecular weight is 662 g/mol. The molecule has 1 atom stereocenters. The van der Waals surface area contributed by atoms with Gasteiger partial charge in [0.1, 0.15) is 5.75 Å². The van der Waals surface area contributed by atoms with E-state index in [2.05, 4.69) is 23.1 Å². The Balaban J connectivity index is 1.31. The summed E-state index contributed by atoms with van der Waals surface area (Å²) in [6, 6.07) is 20.7. The van der Waals surface area contributed by atoms with Crippen molar-refractivity contribution in [2.45, 2.75) is 51.7 Å². The van der Waals surface area contributed by atoms with Gasteiger partial charge >= 0.3 is 6.09 Å². The van der Waals surface area contributed by atoms with Gasteiger partial charge in [0.25, 0.3) is 11.8 Å². The number of benzene rings is 3. The molecule has 1 aromatic heterocycles. The number of hydrogen-bond acceptors (Lipinski definition) is 5. The highest BCUT2D eigenvalue weighted by atomic mass is 16.4. The molecule has 1 fully saturated rings. The topological polar surface area (TPSA) is 110 Å². The van der Waals surface area contributed by atoms with E-state index in [0.717, 1.165) is 59.7 Å². The number of aromatic nitrogens is 1. The van der Waals surface area contributed by atoms with Crippen molar-refractivity contribution in [3.63, 3.8) is 0 Å². The SMILES string of the molecule is Cc1c(C(=O)N(C)c2ccc(O)cc2)cc(-c2cc3c(cc2C(=O)N2Cc4ccccc4C[C@H]2CN2CCCC2)CN(C(=O)O)CC3)n1C. The summed E-state index contributed by atoms with van der Waals surface area (Å²) in [6.07, 6.45) is 2.68. The molecule has 3 aliphatic heterocycles. The van der Waals surface area contributed by atoms with Crippen LogP contribution < -0.4 is 4.90 Å². The Hall–Kier alpha value is -5.09. The van der Waals surface area contributed by atoms with Gasteiger partial charge in [0.05, 0.1) is 5.56 Å². The predicted molar refractivity (Wildman–Crippen MR) is 188 cm³/mol. The van der Waals surface area contributed by atoms with Crippen LogP contribution in [-0.2, 0) is 33.0 Å². The average Bonchev–Trinajstić information content (AvgIpc) is 3.73. The summed E-state index contributed by atoms with van der Waals surface area (Å²) in [7, 11) is 3.62. The third kappa shape index (κ3) is 6.17. The minimum absolute atomic E-state index is 0.00820. The Morgan fingerprint density at radius 2 is 1.57 bits per heavy atom.